The highest BCUT2D eigenvalue weighted by atomic mass is 35.5. The Morgan fingerprint density at radius 1 is 1.25 bits per heavy atom. The SMILES string of the molecule is C[C@@H]1C[C@H](C(=O)Nc2ccc(C(F)(F)F)cc2Cl)n2c1c(N1CCNCC1)c(=O)n1nc(C3=CCOCC3)nc21. The number of halogens is 4. The summed E-state index contributed by atoms with van der Waals surface area (Å²) in [5.74, 6) is -0.0101. The number of nitrogens with zero attached hydrogens (tertiary/aromatic N) is 5. The highest BCUT2D eigenvalue weighted by molar-refractivity contribution is 6.33. The quantitative estimate of drug-likeness (QED) is 0.489. The van der Waals surface area contributed by atoms with Crippen LogP contribution in [-0.4, -0.2) is 64.5 Å². The smallest absolute Gasteiger partial charge is 0.377 e. The molecule has 14 heteroatoms. The summed E-state index contributed by atoms with van der Waals surface area (Å²) >= 11 is 6.13. The number of rotatable bonds is 4. The molecule has 0 spiro atoms. The van der Waals surface area contributed by atoms with E-state index in [1.165, 1.54) is 4.52 Å². The van der Waals surface area contributed by atoms with Crippen LogP contribution in [0.2, 0.25) is 5.02 Å². The van der Waals surface area contributed by atoms with Crippen LogP contribution in [0.15, 0.2) is 29.1 Å². The van der Waals surface area contributed by atoms with Gasteiger partial charge in [0.2, 0.25) is 11.7 Å². The molecule has 1 aromatic carbocycles. The molecule has 3 aromatic rings. The van der Waals surface area contributed by atoms with Crippen molar-refractivity contribution in [2.75, 3.05) is 49.6 Å². The van der Waals surface area contributed by atoms with Gasteiger partial charge in [0.15, 0.2) is 5.82 Å². The molecule has 0 bridgehead atoms. The zero-order valence-electron chi connectivity index (χ0n) is 21.6. The summed E-state index contributed by atoms with van der Waals surface area (Å²) in [5, 5.41) is 10.3. The van der Waals surface area contributed by atoms with Crippen LogP contribution in [0.3, 0.4) is 0 Å². The van der Waals surface area contributed by atoms with Gasteiger partial charge in [0.25, 0.3) is 5.56 Å². The number of aromatic nitrogens is 4. The molecule has 0 saturated carbocycles. The molecule has 0 radical (unpaired) electrons. The third-order valence-corrected chi connectivity index (χ3v) is 7.91. The lowest BCUT2D eigenvalue weighted by molar-refractivity contribution is -0.137. The average Bonchev–Trinajstić information content (AvgIpc) is 3.53. The number of alkyl halides is 3. The number of carbonyl (C=O) groups is 1. The van der Waals surface area contributed by atoms with Gasteiger partial charge < -0.3 is 20.3 Å². The third kappa shape index (κ3) is 4.65. The van der Waals surface area contributed by atoms with Crippen molar-refractivity contribution < 1.29 is 22.7 Å². The van der Waals surface area contributed by atoms with Crippen molar-refractivity contribution in [2.45, 2.75) is 37.9 Å². The Balaban J connectivity index is 1.46. The molecule has 3 aliphatic heterocycles. The fourth-order valence-corrected chi connectivity index (χ4v) is 5.87. The predicted molar refractivity (Wildman–Crippen MR) is 143 cm³/mol. The van der Waals surface area contributed by atoms with Gasteiger partial charge in [-0.15, -0.1) is 5.10 Å². The summed E-state index contributed by atoms with van der Waals surface area (Å²) in [6.07, 6.45) is -1.73. The topological polar surface area (TPSA) is 106 Å². The lowest BCUT2D eigenvalue weighted by Crippen LogP contribution is -2.46. The second-order valence-corrected chi connectivity index (χ2v) is 10.6. The van der Waals surface area contributed by atoms with Crippen molar-refractivity contribution in [1.29, 1.82) is 0 Å². The van der Waals surface area contributed by atoms with Crippen molar-refractivity contribution in [2.24, 2.45) is 0 Å². The van der Waals surface area contributed by atoms with Crippen molar-refractivity contribution in [3.8, 4) is 0 Å². The zero-order chi connectivity index (χ0) is 28.2. The lowest BCUT2D eigenvalue weighted by Gasteiger charge is -2.31. The predicted octanol–water partition coefficient (Wildman–Crippen LogP) is 3.46. The summed E-state index contributed by atoms with van der Waals surface area (Å²) < 4.78 is 47.8. The van der Waals surface area contributed by atoms with Gasteiger partial charge >= 0.3 is 6.18 Å². The van der Waals surface area contributed by atoms with Crippen LogP contribution in [0.4, 0.5) is 24.5 Å². The largest absolute Gasteiger partial charge is 0.416 e. The Morgan fingerprint density at radius 2 is 2.02 bits per heavy atom. The normalized spacial score (nSPS) is 21.4. The highest BCUT2D eigenvalue weighted by Crippen LogP contribution is 2.42. The van der Waals surface area contributed by atoms with E-state index in [2.05, 4.69) is 15.7 Å². The van der Waals surface area contributed by atoms with Crippen LogP contribution in [0, 0.1) is 0 Å². The van der Waals surface area contributed by atoms with E-state index in [1.807, 2.05) is 17.9 Å². The molecule has 212 valence electrons. The van der Waals surface area contributed by atoms with E-state index < -0.39 is 23.7 Å². The van der Waals surface area contributed by atoms with Gasteiger partial charge in [-0.1, -0.05) is 24.6 Å². The fourth-order valence-electron chi connectivity index (χ4n) is 5.64. The van der Waals surface area contributed by atoms with Gasteiger partial charge in [-0.3, -0.25) is 14.2 Å². The Hall–Kier alpha value is -3.42. The molecule has 6 rings (SSSR count). The van der Waals surface area contributed by atoms with Gasteiger partial charge in [0, 0.05) is 32.1 Å². The van der Waals surface area contributed by atoms with E-state index in [1.54, 1.807) is 4.57 Å². The highest BCUT2D eigenvalue weighted by Gasteiger charge is 2.40. The lowest BCUT2D eigenvalue weighted by atomic mass is 10.0. The first-order valence-electron chi connectivity index (χ1n) is 13.1. The number of ether oxygens (including phenoxy) is 1. The summed E-state index contributed by atoms with van der Waals surface area (Å²) in [6, 6.07) is 2.00. The van der Waals surface area contributed by atoms with Gasteiger partial charge in [0.1, 0.15) is 11.7 Å². The fraction of sp³-hybridized carbons (Fsp3) is 0.462. The molecule has 1 saturated heterocycles. The number of carbonyl (C=O) groups excluding carboxylic acids is 1. The number of piperazine rings is 1. The molecule has 1 amide bonds. The molecule has 2 N–H and O–H groups in total. The molecule has 3 aliphatic rings. The van der Waals surface area contributed by atoms with Crippen LogP contribution >= 0.6 is 11.6 Å². The Bertz CT molecular complexity index is 1580. The molecule has 0 unspecified atom stereocenters. The number of anilines is 2. The van der Waals surface area contributed by atoms with Crippen molar-refractivity contribution in [1.82, 2.24) is 24.5 Å². The molecular formula is C26H27ClF3N7O3. The van der Waals surface area contributed by atoms with Crippen molar-refractivity contribution in [3.05, 3.63) is 56.7 Å². The molecule has 2 aromatic heterocycles. The number of hydrogen-bond acceptors (Lipinski definition) is 7. The number of nitrogens with one attached hydrogen (secondary N) is 2. The number of amides is 1. The molecule has 2 atom stereocenters. The molecule has 1 fully saturated rings. The van der Waals surface area contributed by atoms with E-state index in [0.29, 0.717) is 69.4 Å². The average molecular weight is 578 g/mol. The maximum absolute atomic E-state index is 13.9. The Kier molecular flexibility index (Phi) is 6.83. The van der Waals surface area contributed by atoms with Gasteiger partial charge in [-0.05, 0) is 36.6 Å². The standard InChI is InChI=1S/C26H27ClF3N7O3/c1-14-12-19(23(38)32-18-3-2-16(13-17(18)27)26(28,29)30)36-20(14)21(35-8-6-31-7-9-35)24(39)37-25(36)33-22(34-37)15-4-10-40-11-5-15/h2-4,13-14,19,31H,5-12H2,1H3,(H,32,38)/t14-,19-/m1/s1. The first-order valence-corrected chi connectivity index (χ1v) is 13.5. The third-order valence-electron chi connectivity index (χ3n) is 7.60. The summed E-state index contributed by atoms with van der Waals surface area (Å²) in [7, 11) is 0. The molecule has 0 aliphatic carbocycles. The Morgan fingerprint density at radius 3 is 2.70 bits per heavy atom. The summed E-state index contributed by atoms with van der Waals surface area (Å²) in [5.41, 5.74) is 0.896. The van der Waals surface area contributed by atoms with Crippen LogP contribution in [0.1, 0.15) is 48.8 Å². The number of fused-ring (bicyclic) bond motifs is 3. The van der Waals surface area contributed by atoms with E-state index >= 15 is 0 Å². The second-order valence-electron chi connectivity index (χ2n) is 10.2. The number of hydrogen-bond donors (Lipinski definition) is 2. The van der Waals surface area contributed by atoms with Crippen LogP contribution < -0.4 is 21.1 Å². The summed E-state index contributed by atoms with van der Waals surface area (Å²) in [4.78, 5) is 34.3. The first-order chi connectivity index (χ1) is 19.1. The zero-order valence-corrected chi connectivity index (χ0v) is 22.3. The summed E-state index contributed by atoms with van der Waals surface area (Å²) in [6.45, 7) is 5.52. The van der Waals surface area contributed by atoms with Crippen LogP contribution in [-0.2, 0) is 15.7 Å². The van der Waals surface area contributed by atoms with Crippen molar-refractivity contribution in [3.63, 3.8) is 0 Å². The van der Waals surface area contributed by atoms with Crippen LogP contribution in [0.5, 0.6) is 0 Å². The van der Waals surface area contributed by atoms with Gasteiger partial charge in [-0.2, -0.15) is 22.7 Å². The minimum atomic E-state index is -4.56. The van der Waals surface area contributed by atoms with E-state index in [9.17, 15) is 22.8 Å². The minimum Gasteiger partial charge on any atom is -0.377 e. The van der Waals surface area contributed by atoms with Gasteiger partial charge in [0.05, 0.1) is 35.2 Å². The maximum Gasteiger partial charge on any atom is 0.416 e. The Labute approximate surface area is 231 Å². The molecule has 5 heterocycles. The van der Waals surface area contributed by atoms with Crippen molar-refractivity contribution >= 4 is 40.2 Å². The molecular weight excluding hydrogens is 551 g/mol. The minimum absolute atomic E-state index is 0.0645. The van der Waals surface area contributed by atoms with Crippen LogP contribution in [0.25, 0.3) is 11.4 Å². The number of benzene rings is 1. The first kappa shape index (κ1) is 26.8. The van der Waals surface area contributed by atoms with E-state index in [0.717, 1.165) is 23.8 Å². The molecule has 40 heavy (non-hydrogen) atoms. The van der Waals surface area contributed by atoms with E-state index in [4.69, 9.17) is 21.3 Å². The second kappa shape index (κ2) is 10.2. The maximum atomic E-state index is 13.9. The van der Waals surface area contributed by atoms with Gasteiger partial charge in [-0.25, -0.2) is 0 Å². The van der Waals surface area contributed by atoms with E-state index in [-0.39, 0.29) is 28.0 Å². The molecule has 10 nitrogen and oxygen atoms in total. The monoisotopic (exact) mass is 577 g/mol.